The molecule has 1 aliphatic heterocycles. The zero-order valence-corrected chi connectivity index (χ0v) is 11.0. The molecule has 0 bridgehead atoms. The molecule has 100 valence electrons. The molecular weight excluding hydrogens is 250 g/mol. The number of rotatable bonds is 2. The van der Waals surface area contributed by atoms with Gasteiger partial charge < -0.3 is 0 Å². The van der Waals surface area contributed by atoms with Crippen molar-refractivity contribution in [3.63, 3.8) is 0 Å². The molecule has 0 saturated heterocycles. The molecule has 3 nitrogen and oxygen atoms in total. The van der Waals surface area contributed by atoms with E-state index in [1.165, 1.54) is 5.06 Å². The number of benzene rings is 2. The summed E-state index contributed by atoms with van der Waals surface area (Å²) < 4.78 is 0. The first-order valence-electron chi connectivity index (χ1n) is 6.59. The average molecular weight is 265 g/mol. The fourth-order valence-corrected chi connectivity index (χ4v) is 2.26. The molecule has 0 spiro atoms. The van der Waals surface area contributed by atoms with Crippen LogP contribution < -0.4 is 0 Å². The summed E-state index contributed by atoms with van der Waals surface area (Å²) in [4.78, 5) is 18.1. The Morgan fingerprint density at radius 3 is 2.35 bits per heavy atom. The van der Waals surface area contributed by atoms with E-state index in [4.69, 9.17) is 4.84 Å². The number of carbonyl (C=O) groups excluding carboxylic acids is 1. The highest BCUT2D eigenvalue weighted by molar-refractivity contribution is 5.93. The van der Waals surface area contributed by atoms with Crippen molar-refractivity contribution < 1.29 is 9.63 Å². The Balaban J connectivity index is 1.91. The third-order valence-electron chi connectivity index (χ3n) is 3.24. The minimum atomic E-state index is -0.183. The maximum Gasteiger partial charge on any atom is 0.278 e. The van der Waals surface area contributed by atoms with Crippen molar-refractivity contribution in [2.45, 2.75) is 6.04 Å². The van der Waals surface area contributed by atoms with E-state index >= 15 is 0 Å². The molecule has 0 aromatic heterocycles. The number of nitrogens with zero attached hydrogens (tertiary/aromatic N) is 1. The van der Waals surface area contributed by atoms with Crippen LogP contribution >= 0.6 is 0 Å². The van der Waals surface area contributed by atoms with Crippen molar-refractivity contribution >= 4 is 5.91 Å². The van der Waals surface area contributed by atoms with Crippen molar-refractivity contribution in [3.8, 4) is 0 Å². The highest BCUT2D eigenvalue weighted by Gasteiger charge is 2.27. The van der Waals surface area contributed by atoms with E-state index in [1.807, 2.05) is 60.7 Å². The van der Waals surface area contributed by atoms with Gasteiger partial charge in [-0.3, -0.25) is 9.63 Å². The van der Waals surface area contributed by atoms with Crippen LogP contribution in [0.5, 0.6) is 0 Å². The van der Waals surface area contributed by atoms with Gasteiger partial charge in [0.25, 0.3) is 5.91 Å². The van der Waals surface area contributed by atoms with Crippen LogP contribution in [0.4, 0.5) is 0 Å². The van der Waals surface area contributed by atoms with E-state index in [-0.39, 0.29) is 11.9 Å². The molecule has 1 atom stereocenters. The standard InChI is InChI=1S/C17H15NO2/c19-17(15-10-5-2-6-11-15)18-16(12-7-13-20-18)14-8-3-1-4-9-14/h1-12,16H,13H2/t16-/m0/s1. The van der Waals surface area contributed by atoms with E-state index in [0.717, 1.165) is 5.56 Å². The fraction of sp³-hybridized carbons (Fsp3) is 0.118. The number of hydrogen-bond acceptors (Lipinski definition) is 2. The van der Waals surface area contributed by atoms with E-state index in [0.29, 0.717) is 12.2 Å². The zero-order valence-electron chi connectivity index (χ0n) is 11.0. The Morgan fingerprint density at radius 2 is 1.65 bits per heavy atom. The average Bonchev–Trinajstić information content (AvgIpc) is 2.56. The third kappa shape index (κ3) is 2.49. The van der Waals surface area contributed by atoms with E-state index in [9.17, 15) is 4.79 Å². The number of amides is 1. The summed E-state index contributed by atoms with van der Waals surface area (Å²) in [7, 11) is 0. The molecule has 20 heavy (non-hydrogen) atoms. The lowest BCUT2D eigenvalue weighted by atomic mass is 10.0. The minimum absolute atomic E-state index is 0.121. The van der Waals surface area contributed by atoms with Gasteiger partial charge in [0.05, 0.1) is 6.61 Å². The van der Waals surface area contributed by atoms with Crippen molar-refractivity contribution in [3.05, 3.63) is 83.9 Å². The van der Waals surface area contributed by atoms with Crippen LogP contribution in [0, 0.1) is 0 Å². The second-order valence-corrected chi connectivity index (χ2v) is 4.58. The Labute approximate surface area is 118 Å². The molecule has 2 aromatic rings. The highest BCUT2D eigenvalue weighted by atomic mass is 16.7. The largest absolute Gasteiger partial charge is 0.278 e. The lowest BCUT2D eigenvalue weighted by molar-refractivity contribution is -0.137. The van der Waals surface area contributed by atoms with Gasteiger partial charge in [-0.2, -0.15) is 0 Å². The molecule has 1 aliphatic rings. The van der Waals surface area contributed by atoms with Crippen LogP contribution in [0.25, 0.3) is 0 Å². The summed E-state index contributed by atoms with van der Waals surface area (Å²) in [5.74, 6) is -0.121. The molecule has 0 unspecified atom stereocenters. The van der Waals surface area contributed by atoms with Gasteiger partial charge in [0, 0.05) is 5.56 Å². The molecule has 0 saturated carbocycles. The normalized spacial score (nSPS) is 18.0. The van der Waals surface area contributed by atoms with E-state index in [2.05, 4.69) is 0 Å². The van der Waals surface area contributed by atoms with Gasteiger partial charge in [-0.05, 0) is 17.7 Å². The molecular formula is C17H15NO2. The van der Waals surface area contributed by atoms with Gasteiger partial charge in [0.1, 0.15) is 6.04 Å². The molecule has 0 aliphatic carbocycles. The summed E-state index contributed by atoms with van der Waals surface area (Å²) in [5, 5.41) is 1.45. The van der Waals surface area contributed by atoms with Crippen molar-refractivity contribution in [1.82, 2.24) is 5.06 Å². The molecule has 0 fully saturated rings. The van der Waals surface area contributed by atoms with Crippen molar-refractivity contribution in [1.29, 1.82) is 0 Å². The summed E-state index contributed by atoms with van der Waals surface area (Å²) in [6, 6.07) is 18.9. The molecule has 2 aromatic carbocycles. The van der Waals surface area contributed by atoms with Gasteiger partial charge >= 0.3 is 0 Å². The molecule has 3 rings (SSSR count). The quantitative estimate of drug-likeness (QED) is 0.779. The monoisotopic (exact) mass is 265 g/mol. The predicted molar refractivity (Wildman–Crippen MR) is 76.9 cm³/mol. The number of hydrogen-bond donors (Lipinski definition) is 0. The fourth-order valence-electron chi connectivity index (χ4n) is 2.26. The zero-order chi connectivity index (χ0) is 13.8. The smallest absolute Gasteiger partial charge is 0.267 e. The van der Waals surface area contributed by atoms with Crippen LogP contribution in [0.15, 0.2) is 72.8 Å². The summed E-state index contributed by atoms with van der Waals surface area (Å²) in [6.07, 6.45) is 3.94. The van der Waals surface area contributed by atoms with Crippen LogP contribution in [-0.4, -0.2) is 17.6 Å². The van der Waals surface area contributed by atoms with Crippen LogP contribution in [0.1, 0.15) is 22.0 Å². The first-order chi connectivity index (χ1) is 9.86. The number of hydroxylamine groups is 2. The van der Waals surface area contributed by atoms with Crippen LogP contribution in [0.3, 0.4) is 0 Å². The van der Waals surface area contributed by atoms with Gasteiger partial charge in [0.2, 0.25) is 0 Å². The molecule has 0 N–H and O–H groups in total. The van der Waals surface area contributed by atoms with E-state index < -0.39 is 0 Å². The van der Waals surface area contributed by atoms with E-state index in [1.54, 1.807) is 12.1 Å². The Hall–Kier alpha value is -2.39. The Kier molecular flexibility index (Phi) is 3.61. The Morgan fingerprint density at radius 1 is 1.00 bits per heavy atom. The lowest BCUT2D eigenvalue weighted by Gasteiger charge is -2.31. The first kappa shape index (κ1) is 12.6. The second-order valence-electron chi connectivity index (χ2n) is 4.58. The first-order valence-corrected chi connectivity index (χ1v) is 6.59. The van der Waals surface area contributed by atoms with Gasteiger partial charge in [-0.1, -0.05) is 60.7 Å². The van der Waals surface area contributed by atoms with Gasteiger partial charge in [-0.15, -0.1) is 0 Å². The highest BCUT2D eigenvalue weighted by Crippen LogP contribution is 2.27. The maximum atomic E-state index is 12.6. The van der Waals surface area contributed by atoms with Crippen molar-refractivity contribution in [2.24, 2.45) is 0 Å². The van der Waals surface area contributed by atoms with Gasteiger partial charge in [-0.25, -0.2) is 5.06 Å². The maximum absolute atomic E-state index is 12.6. The van der Waals surface area contributed by atoms with Crippen LogP contribution in [-0.2, 0) is 4.84 Å². The van der Waals surface area contributed by atoms with Crippen molar-refractivity contribution in [2.75, 3.05) is 6.61 Å². The third-order valence-corrected chi connectivity index (χ3v) is 3.24. The summed E-state index contributed by atoms with van der Waals surface area (Å²) in [6.45, 7) is 0.419. The topological polar surface area (TPSA) is 29.5 Å². The number of carbonyl (C=O) groups is 1. The molecule has 1 amide bonds. The minimum Gasteiger partial charge on any atom is -0.267 e. The summed E-state index contributed by atoms with van der Waals surface area (Å²) >= 11 is 0. The summed E-state index contributed by atoms with van der Waals surface area (Å²) in [5.41, 5.74) is 1.66. The molecule has 0 radical (unpaired) electrons. The molecule has 3 heteroatoms. The predicted octanol–water partition coefficient (Wildman–Crippen LogP) is 3.37. The second kappa shape index (κ2) is 5.72. The SMILES string of the molecule is O=C(c1ccccc1)N1OCC=C[C@H]1c1ccccc1. The Bertz CT molecular complexity index is 607. The van der Waals surface area contributed by atoms with Crippen LogP contribution in [0.2, 0.25) is 0 Å². The lowest BCUT2D eigenvalue weighted by Crippen LogP contribution is -2.36. The molecule has 1 heterocycles. The van der Waals surface area contributed by atoms with Gasteiger partial charge in [0.15, 0.2) is 0 Å².